The molecule has 1 unspecified atom stereocenters. The van der Waals surface area contributed by atoms with Crippen molar-refractivity contribution in [3.8, 4) is 0 Å². The largest absolute Gasteiger partial charge is 0.457 e. The van der Waals surface area contributed by atoms with Gasteiger partial charge in [0.1, 0.15) is 6.10 Å². The Morgan fingerprint density at radius 1 is 1.50 bits per heavy atom. The molecule has 0 amide bonds. The molecule has 0 aromatic rings. The van der Waals surface area contributed by atoms with Crippen molar-refractivity contribution in [2.75, 3.05) is 13.2 Å². The van der Waals surface area contributed by atoms with Gasteiger partial charge in [0, 0.05) is 12.7 Å². The quantitative estimate of drug-likeness (QED) is 0.359. The van der Waals surface area contributed by atoms with E-state index in [4.69, 9.17) is 9.47 Å². The molecular formula is C11H20O3. The minimum absolute atomic E-state index is 0.171. The number of hydrogen-bond donors (Lipinski definition) is 0. The van der Waals surface area contributed by atoms with E-state index in [2.05, 4.69) is 6.92 Å². The van der Waals surface area contributed by atoms with Crippen molar-refractivity contribution in [1.29, 1.82) is 0 Å². The zero-order valence-electron chi connectivity index (χ0n) is 9.29. The first-order valence-corrected chi connectivity index (χ1v) is 5.11. The molecular weight excluding hydrogens is 180 g/mol. The summed E-state index contributed by atoms with van der Waals surface area (Å²) in [5, 5.41) is 0. The highest BCUT2D eigenvalue weighted by atomic mass is 16.6. The van der Waals surface area contributed by atoms with E-state index in [1.807, 2.05) is 6.92 Å². The van der Waals surface area contributed by atoms with E-state index in [0.29, 0.717) is 6.61 Å². The van der Waals surface area contributed by atoms with Gasteiger partial charge >= 0.3 is 5.97 Å². The molecule has 1 atom stereocenters. The minimum Gasteiger partial charge on any atom is -0.457 e. The van der Waals surface area contributed by atoms with E-state index < -0.39 is 0 Å². The third-order valence-corrected chi connectivity index (χ3v) is 1.61. The van der Waals surface area contributed by atoms with Crippen molar-refractivity contribution < 1.29 is 14.3 Å². The van der Waals surface area contributed by atoms with Crippen LogP contribution in [-0.4, -0.2) is 25.3 Å². The second-order valence-electron chi connectivity index (χ2n) is 3.18. The van der Waals surface area contributed by atoms with Crippen LogP contribution in [0.3, 0.4) is 0 Å². The normalized spacial score (nSPS) is 13.1. The smallest absolute Gasteiger partial charge is 0.330 e. The number of carbonyl (C=O) groups is 1. The molecule has 0 saturated heterocycles. The van der Waals surface area contributed by atoms with Crippen LogP contribution in [-0.2, 0) is 14.3 Å². The molecule has 0 radical (unpaired) electrons. The van der Waals surface area contributed by atoms with E-state index in [1.165, 1.54) is 6.08 Å². The van der Waals surface area contributed by atoms with Gasteiger partial charge in [-0.2, -0.15) is 0 Å². The summed E-state index contributed by atoms with van der Waals surface area (Å²) in [6.45, 7) is 6.93. The molecule has 0 bridgehead atoms. The number of carbonyl (C=O) groups excluding carboxylic acids is 1. The molecule has 0 aromatic carbocycles. The first kappa shape index (κ1) is 13.2. The highest BCUT2D eigenvalue weighted by Crippen LogP contribution is 1.96. The van der Waals surface area contributed by atoms with Crippen molar-refractivity contribution in [2.45, 2.75) is 39.7 Å². The fourth-order valence-electron chi connectivity index (χ4n) is 0.903. The maximum Gasteiger partial charge on any atom is 0.330 e. The van der Waals surface area contributed by atoms with E-state index in [9.17, 15) is 4.79 Å². The molecule has 3 heteroatoms. The number of allylic oxidation sites excluding steroid dienone is 1. The Morgan fingerprint density at radius 2 is 2.21 bits per heavy atom. The molecule has 0 aromatic heterocycles. The van der Waals surface area contributed by atoms with Crippen LogP contribution in [0.25, 0.3) is 0 Å². The van der Waals surface area contributed by atoms with Crippen LogP contribution in [0.5, 0.6) is 0 Å². The molecule has 0 saturated carbocycles. The molecule has 82 valence electrons. The van der Waals surface area contributed by atoms with Gasteiger partial charge < -0.3 is 9.47 Å². The van der Waals surface area contributed by atoms with Crippen molar-refractivity contribution in [1.82, 2.24) is 0 Å². The van der Waals surface area contributed by atoms with Gasteiger partial charge in [-0.15, -0.1) is 0 Å². The summed E-state index contributed by atoms with van der Waals surface area (Å²) in [7, 11) is 0. The lowest BCUT2D eigenvalue weighted by Gasteiger charge is -2.11. The van der Waals surface area contributed by atoms with E-state index >= 15 is 0 Å². The molecule has 0 rings (SSSR count). The molecule has 0 spiro atoms. The Kier molecular flexibility index (Phi) is 8.24. The zero-order chi connectivity index (χ0) is 10.8. The molecule has 0 heterocycles. The monoisotopic (exact) mass is 200 g/mol. The summed E-state index contributed by atoms with van der Waals surface area (Å²) < 4.78 is 10.3. The van der Waals surface area contributed by atoms with Gasteiger partial charge in [0.25, 0.3) is 0 Å². The van der Waals surface area contributed by atoms with Crippen LogP contribution in [0.2, 0.25) is 0 Å². The van der Waals surface area contributed by atoms with Crippen LogP contribution >= 0.6 is 0 Å². The van der Waals surface area contributed by atoms with Crippen LogP contribution in [0.15, 0.2) is 12.2 Å². The van der Waals surface area contributed by atoms with E-state index in [0.717, 1.165) is 19.4 Å². The van der Waals surface area contributed by atoms with Gasteiger partial charge in [0.15, 0.2) is 0 Å². The van der Waals surface area contributed by atoms with Crippen molar-refractivity contribution in [3.63, 3.8) is 0 Å². The van der Waals surface area contributed by atoms with Gasteiger partial charge in [-0.25, -0.2) is 4.79 Å². The van der Waals surface area contributed by atoms with Gasteiger partial charge in [0.2, 0.25) is 0 Å². The SMILES string of the molecule is C/C=C/C(=O)OC(C)COCCCC. The molecule has 0 N–H and O–H groups in total. The lowest BCUT2D eigenvalue weighted by atomic mass is 10.3. The molecule has 0 aliphatic heterocycles. The topological polar surface area (TPSA) is 35.5 Å². The second kappa shape index (κ2) is 8.75. The number of unbranched alkanes of at least 4 members (excludes halogenated alkanes) is 1. The van der Waals surface area contributed by atoms with Crippen LogP contribution < -0.4 is 0 Å². The van der Waals surface area contributed by atoms with Gasteiger partial charge in [-0.1, -0.05) is 19.4 Å². The second-order valence-corrected chi connectivity index (χ2v) is 3.18. The Labute approximate surface area is 86.1 Å². The highest BCUT2D eigenvalue weighted by molar-refractivity contribution is 5.81. The van der Waals surface area contributed by atoms with Crippen LogP contribution in [0.4, 0.5) is 0 Å². The third kappa shape index (κ3) is 7.80. The Morgan fingerprint density at radius 3 is 2.79 bits per heavy atom. The summed E-state index contributed by atoms with van der Waals surface area (Å²) in [4.78, 5) is 11.0. The van der Waals surface area contributed by atoms with Crippen LogP contribution in [0.1, 0.15) is 33.6 Å². The molecule has 0 aliphatic rings. The average Bonchev–Trinajstić information content (AvgIpc) is 2.13. The van der Waals surface area contributed by atoms with Gasteiger partial charge in [-0.05, 0) is 20.3 Å². The maximum absolute atomic E-state index is 11.0. The summed E-state index contributed by atoms with van der Waals surface area (Å²) in [6, 6.07) is 0. The minimum atomic E-state index is -0.306. The molecule has 3 nitrogen and oxygen atoms in total. The summed E-state index contributed by atoms with van der Waals surface area (Å²) >= 11 is 0. The summed E-state index contributed by atoms with van der Waals surface area (Å²) in [5.41, 5.74) is 0. The average molecular weight is 200 g/mol. The first-order chi connectivity index (χ1) is 6.70. The number of ether oxygens (including phenoxy) is 2. The fourth-order valence-corrected chi connectivity index (χ4v) is 0.903. The standard InChI is InChI=1S/C11H20O3/c1-4-6-8-13-9-10(3)14-11(12)7-5-2/h5,7,10H,4,6,8-9H2,1-3H3/b7-5+. The predicted octanol–water partition coefficient (Wildman–Crippen LogP) is 2.31. The summed E-state index contributed by atoms with van der Waals surface area (Å²) in [6.07, 6.45) is 5.06. The first-order valence-electron chi connectivity index (χ1n) is 5.11. The molecule has 0 aliphatic carbocycles. The molecule has 0 fully saturated rings. The predicted molar refractivity (Wildman–Crippen MR) is 56.1 cm³/mol. The highest BCUT2D eigenvalue weighted by Gasteiger charge is 2.05. The van der Waals surface area contributed by atoms with E-state index in [1.54, 1.807) is 13.0 Å². The number of esters is 1. The lowest BCUT2D eigenvalue weighted by molar-refractivity contribution is -0.144. The summed E-state index contributed by atoms with van der Waals surface area (Å²) in [5.74, 6) is -0.306. The molecule has 14 heavy (non-hydrogen) atoms. The van der Waals surface area contributed by atoms with Crippen LogP contribution in [0, 0.1) is 0 Å². The van der Waals surface area contributed by atoms with Crippen molar-refractivity contribution >= 4 is 5.97 Å². The number of rotatable bonds is 7. The lowest BCUT2D eigenvalue weighted by Crippen LogP contribution is -2.19. The van der Waals surface area contributed by atoms with Crippen molar-refractivity contribution in [3.05, 3.63) is 12.2 Å². The Bertz CT molecular complexity index is 175. The van der Waals surface area contributed by atoms with Gasteiger partial charge in [0.05, 0.1) is 6.61 Å². The zero-order valence-corrected chi connectivity index (χ0v) is 9.29. The van der Waals surface area contributed by atoms with Crippen molar-refractivity contribution in [2.24, 2.45) is 0 Å². The number of hydrogen-bond acceptors (Lipinski definition) is 3. The van der Waals surface area contributed by atoms with E-state index in [-0.39, 0.29) is 12.1 Å². The fraction of sp³-hybridized carbons (Fsp3) is 0.727. The van der Waals surface area contributed by atoms with Gasteiger partial charge in [-0.3, -0.25) is 0 Å². The third-order valence-electron chi connectivity index (χ3n) is 1.61. The maximum atomic E-state index is 11.0. The Hall–Kier alpha value is -0.830. The Balaban J connectivity index is 3.44.